The second-order valence-electron chi connectivity index (χ2n) is 0.224. The maximum Gasteiger partial charge on any atom is 0.0689 e. The number of rotatable bonds is 0. The molecule has 5 nitrogen and oxygen atoms in total. The zero-order valence-electron chi connectivity index (χ0n) is 2.97. The Morgan fingerprint density at radius 2 is 1.33 bits per heavy atom. The van der Waals surface area contributed by atoms with Gasteiger partial charge in [-0.25, -0.2) is 0 Å². The van der Waals surface area contributed by atoms with E-state index in [2.05, 4.69) is 0 Å². The molecule has 0 unspecified atom stereocenters. The van der Waals surface area contributed by atoms with Crippen molar-refractivity contribution in [1.82, 2.24) is 6.15 Å². The summed E-state index contributed by atoms with van der Waals surface area (Å²) in [5.74, 6) is 0. The van der Waals surface area contributed by atoms with Crippen LogP contribution in [0.1, 0.15) is 0 Å². The van der Waals surface area contributed by atoms with Gasteiger partial charge in [-0.15, -0.1) is 0 Å². The maximum absolute atomic E-state index is 8.25. The van der Waals surface area contributed by atoms with E-state index in [-0.39, 0.29) is 28.5 Å². The van der Waals surface area contributed by atoms with Crippen molar-refractivity contribution in [1.29, 1.82) is 0 Å². The van der Waals surface area contributed by atoms with Crippen LogP contribution in [0.5, 0.6) is 0 Å². The maximum atomic E-state index is 8.25. The summed E-state index contributed by atoms with van der Waals surface area (Å²) in [6.07, 6.45) is 0. The van der Waals surface area contributed by atoms with Crippen molar-refractivity contribution >= 4 is 0 Å². The normalized spacial score (nSPS) is 4.00. The second-order valence-corrected chi connectivity index (χ2v) is 0.224. The van der Waals surface area contributed by atoms with Gasteiger partial charge >= 0.3 is 0 Å². The molecule has 0 aromatic rings. The van der Waals surface area contributed by atoms with Crippen LogP contribution in [-0.4, -0.2) is 5.09 Å². The van der Waals surface area contributed by atoms with Gasteiger partial charge in [-0.2, -0.15) is 0 Å². The third kappa shape index (κ3) is 3300. The Morgan fingerprint density at radius 1 is 1.33 bits per heavy atom. The zero-order chi connectivity index (χ0) is 3.58. The molecule has 0 aromatic carbocycles. The van der Waals surface area contributed by atoms with Gasteiger partial charge in [0.2, 0.25) is 0 Å². The summed E-state index contributed by atoms with van der Waals surface area (Å²) in [6, 6.07) is 0. The molecule has 0 heterocycles. The van der Waals surface area contributed by atoms with Crippen LogP contribution < -0.4 is 6.15 Å². The average Bonchev–Trinajstić information content (AvgIpc) is 0.811. The minimum atomic E-state index is -1.75. The van der Waals surface area contributed by atoms with Crippen LogP contribution in [0.3, 0.4) is 0 Å². The van der Waals surface area contributed by atoms with Crippen LogP contribution in [0.25, 0.3) is 0 Å². The van der Waals surface area contributed by atoms with Gasteiger partial charge in [0, 0.05) is 22.4 Å². The molecular weight excluding hydrogens is 273 g/mol. The molecule has 0 aromatic heterocycles. The topological polar surface area (TPSA) is 103 Å². The van der Waals surface area contributed by atoms with Gasteiger partial charge in [-0.05, 0) is 0 Å². The molecule has 0 spiro atoms. The zero-order valence-corrected chi connectivity index (χ0v) is 5.14. The molecule has 0 saturated heterocycles. The first kappa shape index (κ1) is 16.8. The molecule has 4 N–H and O–H groups in total. The van der Waals surface area contributed by atoms with E-state index >= 15 is 0 Å². The Labute approximate surface area is 49.5 Å². The van der Waals surface area contributed by atoms with Crippen LogP contribution in [0.2, 0.25) is 0 Å². The van der Waals surface area contributed by atoms with Gasteiger partial charge in [0.25, 0.3) is 0 Å². The molecule has 0 amide bonds. The molecular formula is H4AuN2O3. The Balaban J connectivity index is -0.0000000450. The molecule has 0 saturated carbocycles. The predicted molar refractivity (Wildman–Crippen MR) is 16.3 cm³/mol. The van der Waals surface area contributed by atoms with E-state index < -0.39 is 5.09 Å². The van der Waals surface area contributed by atoms with Crippen molar-refractivity contribution in [3.63, 3.8) is 0 Å². The third-order valence-electron chi connectivity index (χ3n) is 0. The van der Waals surface area contributed by atoms with Crippen molar-refractivity contribution in [3.05, 3.63) is 15.3 Å². The number of nitrogens with zero attached hydrogens (tertiary/aromatic N) is 1. The summed E-state index contributed by atoms with van der Waals surface area (Å²) in [7, 11) is 0. The van der Waals surface area contributed by atoms with E-state index in [1.807, 2.05) is 0 Å². The van der Waals surface area contributed by atoms with Crippen LogP contribution in [0, 0.1) is 15.3 Å². The Bertz CT molecular complexity index is 31.8. The molecule has 6 heavy (non-hydrogen) atoms. The minimum absolute atomic E-state index is 0. The quantitative estimate of drug-likeness (QED) is 0.386. The molecule has 0 rings (SSSR count). The summed E-state index contributed by atoms with van der Waals surface area (Å²) in [5, 5.41) is 14.8. The molecule has 0 atom stereocenters. The van der Waals surface area contributed by atoms with Crippen molar-refractivity contribution in [3.8, 4) is 0 Å². The van der Waals surface area contributed by atoms with Gasteiger partial charge in [0.15, 0.2) is 0 Å². The molecule has 0 fully saturated rings. The van der Waals surface area contributed by atoms with Crippen molar-refractivity contribution < 1.29 is 27.5 Å². The summed E-state index contributed by atoms with van der Waals surface area (Å²) in [4.78, 5) is 8.25. The minimum Gasteiger partial charge on any atom is -0.369 e. The summed E-state index contributed by atoms with van der Waals surface area (Å²) >= 11 is 0. The number of quaternary nitrogens is 1. The van der Waals surface area contributed by atoms with Gasteiger partial charge in [-0.1, -0.05) is 0 Å². The Morgan fingerprint density at radius 3 is 1.33 bits per heavy atom. The smallest absolute Gasteiger partial charge is 0.0689 e. The van der Waals surface area contributed by atoms with Crippen molar-refractivity contribution in [2.45, 2.75) is 0 Å². The molecule has 0 bridgehead atoms. The summed E-state index contributed by atoms with van der Waals surface area (Å²) in [5.41, 5.74) is 0. The third-order valence-corrected chi connectivity index (χ3v) is 0. The first-order valence-electron chi connectivity index (χ1n) is 0.548. The fraction of sp³-hybridized carbons (Fsp3) is 0. The fourth-order valence-electron chi connectivity index (χ4n) is 0. The standard InChI is InChI=1S/Au.NO3.H3N/c;2-1(3)4;/h;;1H3/q;-1;/p+1. The summed E-state index contributed by atoms with van der Waals surface area (Å²) < 4.78 is 0. The molecule has 0 aliphatic heterocycles. The Kier molecular flexibility index (Phi) is 24.9. The van der Waals surface area contributed by atoms with E-state index in [0.717, 1.165) is 0 Å². The molecule has 6 heteroatoms. The molecule has 43 valence electrons. The number of hydrogen-bond donors (Lipinski definition) is 1. The largest absolute Gasteiger partial charge is 0.369 e. The van der Waals surface area contributed by atoms with Crippen LogP contribution in [0.15, 0.2) is 0 Å². The molecule has 1 radical (unpaired) electrons. The monoisotopic (exact) mass is 277 g/mol. The summed E-state index contributed by atoms with van der Waals surface area (Å²) in [6.45, 7) is 0. The van der Waals surface area contributed by atoms with E-state index in [4.69, 9.17) is 15.3 Å². The fourth-order valence-corrected chi connectivity index (χ4v) is 0. The van der Waals surface area contributed by atoms with Crippen LogP contribution in [-0.2, 0) is 22.4 Å². The van der Waals surface area contributed by atoms with Gasteiger partial charge in [-0.3, -0.25) is 0 Å². The van der Waals surface area contributed by atoms with Gasteiger partial charge < -0.3 is 21.5 Å². The van der Waals surface area contributed by atoms with Crippen molar-refractivity contribution in [2.75, 3.05) is 0 Å². The van der Waals surface area contributed by atoms with Crippen LogP contribution >= 0.6 is 0 Å². The second kappa shape index (κ2) is 8.86. The SMILES string of the molecule is O=[N+]([O-])[O-].[Au].[NH4+]. The van der Waals surface area contributed by atoms with E-state index in [0.29, 0.717) is 0 Å². The van der Waals surface area contributed by atoms with E-state index in [1.54, 1.807) is 0 Å². The first-order valence-corrected chi connectivity index (χ1v) is 0.548. The van der Waals surface area contributed by atoms with Crippen molar-refractivity contribution in [2.24, 2.45) is 0 Å². The molecule has 0 aliphatic carbocycles. The van der Waals surface area contributed by atoms with E-state index in [1.165, 1.54) is 0 Å². The van der Waals surface area contributed by atoms with E-state index in [9.17, 15) is 0 Å². The van der Waals surface area contributed by atoms with Crippen LogP contribution in [0.4, 0.5) is 0 Å². The van der Waals surface area contributed by atoms with Gasteiger partial charge in [0.05, 0.1) is 5.09 Å². The predicted octanol–water partition coefficient (Wildman–Crippen LogP) is 0.135. The number of hydrogen-bond acceptors (Lipinski definition) is 3. The molecule has 0 aliphatic rings. The average molecular weight is 277 g/mol. The van der Waals surface area contributed by atoms with Gasteiger partial charge in [0.1, 0.15) is 0 Å². The Hall–Kier alpha value is -0.0997. The first-order chi connectivity index (χ1) is 1.73.